The van der Waals surface area contributed by atoms with Crippen molar-refractivity contribution in [1.82, 2.24) is 9.78 Å². The zero-order valence-electron chi connectivity index (χ0n) is 9.97. The number of rotatable bonds is 6. The average Bonchev–Trinajstić information content (AvgIpc) is 2.67. The quantitative estimate of drug-likeness (QED) is 0.694. The van der Waals surface area contributed by atoms with E-state index in [0.717, 1.165) is 0 Å². The smallest absolute Gasteiger partial charge is 0.309 e. The molecule has 90 valence electrons. The van der Waals surface area contributed by atoms with Crippen LogP contribution in [0.5, 0.6) is 5.75 Å². The molecule has 0 saturated carbocycles. The second-order valence-corrected chi connectivity index (χ2v) is 3.65. The minimum atomic E-state index is -0.237. The molecule has 1 aromatic rings. The molecular weight excluding hydrogens is 208 g/mol. The van der Waals surface area contributed by atoms with E-state index in [1.807, 2.05) is 20.0 Å². The molecule has 0 aliphatic heterocycles. The van der Waals surface area contributed by atoms with E-state index in [-0.39, 0.29) is 12.4 Å². The molecule has 0 N–H and O–H groups in total. The molecule has 0 saturated heterocycles. The van der Waals surface area contributed by atoms with Crippen LogP contribution in [-0.2, 0) is 9.53 Å². The molecule has 0 amide bonds. The van der Waals surface area contributed by atoms with Gasteiger partial charge in [-0.2, -0.15) is 5.10 Å². The van der Waals surface area contributed by atoms with Crippen LogP contribution in [0.25, 0.3) is 0 Å². The number of esters is 1. The molecule has 5 heteroatoms. The highest BCUT2D eigenvalue weighted by Gasteiger charge is 2.05. The highest BCUT2D eigenvalue weighted by molar-refractivity contribution is 5.69. The Bertz CT molecular complexity index is 334. The van der Waals surface area contributed by atoms with Crippen LogP contribution in [-0.4, -0.2) is 29.0 Å². The van der Waals surface area contributed by atoms with Gasteiger partial charge in [-0.05, 0) is 20.8 Å². The lowest BCUT2D eigenvalue weighted by Gasteiger charge is -2.04. The van der Waals surface area contributed by atoms with Gasteiger partial charge in [-0.25, -0.2) is 0 Å². The topological polar surface area (TPSA) is 53.4 Å². The van der Waals surface area contributed by atoms with Crippen molar-refractivity contribution in [3.05, 3.63) is 12.4 Å². The largest absolute Gasteiger partial charge is 0.490 e. The number of aromatic nitrogens is 2. The van der Waals surface area contributed by atoms with Crippen LogP contribution in [0, 0.1) is 0 Å². The van der Waals surface area contributed by atoms with Crippen molar-refractivity contribution in [3.63, 3.8) is 0 Å². The van der Waals surface area contributed by atoms with E-state index in [1.54, 1.807) is 17.8 Å². The van der Waals surface area contributed by atoms with Gasteiger partial charge in [-0.3, -0.25) is 9.48 Å². The van der Waals surface area contributed by atoms with Gasteiger partial charge in [0.25, 0.3) is 0 Å². The van der Waals surface area contributed by atoms with E-state index in [2.05, 4.69) is 5.10 Å². The molecule has 1 aromatic heterocycles. The van der Waals surface area contributed by atoms with E-state index in [9.17, 15) is 4.79 Å². The van der Waals surface area contributed by atoms with Gasteiger partial charge in [-0.15, -0.1) is 0 Å². The Kier molecular flexibility index (Phi) is 4.82. The van der Waals surface area contributed by atoms with Gasteiger partial charge in [0.1, 0.15) is 0 Å². The van der Waals surface area contributed by atoms with Gasteiger partial charge in [0, 0.05) is 6.04 Å². The summed E-state index contributed by atoms with van der Waals surface area (Å²) in [6.07, 6.45) is 3.72. The molecule has 1 heterocycles. The number of ether oxygens (including phenoxy) is 2. The van der Waals surface area contributed by atoms with Crippen LogP contribution in [0.4, 0.5) is 0 Å². The second-order valence-electron chi connectivity index (χ2n) is 3.65. The van der Waals surface area contributed by atoms with Crippen molar-refractivity contribution in [2.45, 2.75) is 33.2 Å². The maximum atomic E-state index is 11.0. The molecule has 0 spiro atoms. The third-order valence-corrected chi connectivity index (χ3v) is 1.99. The lowest BCUT2D eigenvalue weighted by molar-refractivity contribution is -0.143. The Morgan fingerprint density at radius 1 is 1.56 bits per heavy atom. The molecule has 0 radical (unpaired) electrons. The molecule has 0 unspecified atom stereocenters. The average molecular weight is 226 g/mol. The van der Waals surface area contributed by atoms with Gasteiger partial charge in [0.05, 0.1) is 32.0 Å². The normalized spacial score (nSPS) is 10.5. The summed E-state index contributed by atoms with van der Waals surface area (Å²) in [5.41, 5.74) is 0. The number of nitrogens with zero attached hydrogens (tertiary/aromatic N) is 2. The van der Waals surface area contributed by atoms with E-state index in [4.69, 9.17) is 9.47 Å². The molecule has 0 aliphatic carbocycles. The van der Waals surface area contributed by atoms with Crippen molar-refractivity contribution in [1.29, 1.82) is 0 Å². The molecule has 16 heavy (non-hydrogen) atoms. The second kappa shape index (κ2) is 6.15. The van der Waals surface area contributed by atoms with Crippen LogP contribution < -0.4 is 4.74 Å². The van der Waals surface area contributed by atoms with E-state index in [1.165, 1.54) is 0 Å². The summed E-state index contributed by atoms with van der Waals surface area (Å²) in [5, 5.41) is 4.13. The summed E-state index contributed by atoms with van der Waals surface area (Å²) in [5.74, 6) is 0.441. The Labute approximate surface area is 95.3 Å². The van der Waals surface area contributed by atoms with Gasteiger partial charge < -0.3 is 9.47 Å². The molecular formula is C11H18N2O3. The number of carbonyl (C=O) groups is 1. The fourth-order valence-electron chi connectivity index (χ4n) is 1.16. The van der Waals surface area contributed by atoms with Gasteiger partial charge in [0.15, 0.2) is 5.75 Å². The minimum Gasteiger partial charge on any atom is -0.490 e. The fraction of sp³-hybridized carbons (Fsp3) is 0.636. The monoisotopic (exact) mass is 226 g/mol. The van der Waals surface area contributed by atoms with Crippen LogP contribution in [0.1, 0.15) is 33.2 Å². The SMILES string of the molecule is CCOC(=O)CCOc1cnn(C(C)C)c1. The van der Waals surface area contributed by atoms with Crippen LogP contribution in [0.2, 0.25) is 0 Å². The van der Waals surface area contributed by atoms with Crippen LogP contribution in [0.15, 0.2) is 12.4 Å². The summed E-state index contributed by atoms with van der Waals surface area (Å²) in [6.45, 7) is 6.59. The van der Waals surface area contributed by atoms with Crippen LogP contribution >= 0.6 is 0 Å². The Morgan fingerprint density at radius 2 is 2.31 bits per heavy atom. The van der Waals surface area contributed by atoms with E-state index < -0.39 is 0 Å². The highest BCUT2D eigenvalue weighted by Crippen LogP contribution is 2.12. The zero-order valence-corrected chi connectivity index (χ0v) is 9.97. The molecule has 0 bridgehead atoms. The summed E-state index contributed by atoms with van der Waals surface area (Å²) >= 11 is 0. The van der Waals surface area contributed by atoms with Gasteiger partial charge in [-0.1, -0.05) is 0 Å². The predicted octanol–water partition coefficient (Wildman–Crippen LogP) is 1.80. The first kappa shape index (κ1) is 12.5. The zero-order chi connectivity index (χ0) is 12.0. The van der Waals surface area contributed by atoms with Crippen molar-refractivity contribution in [3.8, 4) is 5.75 Å². The third-order valence-electron chi connectivity index (χ3n) is 1.99. The molecule has 0 aliphatic rings. The van der Waals surface area contributed by atoms with E-state index >= 15 is 0 Å². The fourth-order valence-corrected chi connectivity index (χ4v) is 1.16. The Morgan fingerprint density at radius 3 is 2.88 bits per heavy atom. The number of carbonyl (C=O) groups excluding carboxylic acids is 1. The summed E-state index contributed by atoms with van der Waals surface area (Å²) in [6, 6.07) is 0.308. The maximum Gasteiger partial charge on any atom is 0.309 e. The predicted molar refractivity (Wildman–Crippen MR) is 59.4 cm³/mol. The third kappa shape index (κ3) is 3.92. The molecule has 1 rings (SSSR count). The Balaban J connectivity index is 2.29. The lowest BCUT2D eigenvalue weighted by atomic mass is 10.4. The van der Waals surface area contributed by atoms with Crippen LogP contribution in [0.3, 0.4) is 0 Å². The number of hydrogen-bond donors (Lipinski definition) is 0. The molecule has 0 aromatic carbocycles. The molecule has 0 atom stereocenters. The summed E-state index contributed by atoms with van der Waals surface area (Å²) in [7, 11) is 0. The summed E-state index contributed by atoms with van der Waals surface area (Å²) < 4.78 is 12.0. The number of hydrogen-bond acceptors (Lipinski definition) is 4. The lowest BCUT2D eigenvalue weighted by Crippen LogP contribution is -2.09. The van der Waals surface area contributed by atoms with E-state index in [0.29, 0.717) is 25.0 Å². The molecule has 5 nitrogen and oxygen atoms in total. The maximum absolute atomic E-state index is 11.0. The first-order valence-corrected chi connectivity index (χ1v) is 5.46. The first-order valence-electron chi connectivity index (χ1n) is 5.46. The van der Waals surface area contributed by atoms with Crippen molar-refractivity contribution in [2.24, 2.45) is 0 Å². The van der Waals surface area contributed by atoms with Gasteiger partial charge >= 0.3 is 5.97 Å². The van der Waals surface area contributed by atoms with Crippen molar-refractivity contribution < 1.29 is 14.3 Å². The highest BCUT2D eigenvalue weighted by atomic mass is 16.5. The first-order chi connectivity index (χ1) is 7.63. The summed E-state index contributed by atoms with van der Waals surface area (Å²) in [4.78, 5) is 11.0. The minimum absolute atomic E-state index is 0.237. The standard InChI is InChI=1S/C11H18N2O3/c1-4-15-11(14)5-6-16-10-7-12-13(8-10)9(2)3/h7-9H,4-6H2,1-3H3. The van der Waals surface area contributed by atoms with Crippen molar-refractivity contribution >= 4 is 5.97 Å². The van der Waals surface area contributed by atoms with Crippen molar-refractivity contribution in [2.75, 3.05) is 13.2 Å². The molecule has 0 fully saturated rings. The van der Waals surface area contributed by atoms with Gasteiger partial charge in [0.2, 0.25) is 0 Å². The Hall–Kier alpha value is -1.52.